The van der Waals surface area contributed by atoms with Gasteiger partial charge in [0.05, 0.1) is 18.0 Å². The molecule has 7 nitrogen and oxygen atoms in total. The van der Waals surface area contributed by atoms with E-state index >= 15 is 0 Å². The standard InChI is InChI=1S/C20H26N6O/c1-15(2)27-19-7-5-4-6-17(19)14-24-8-10-25(11-9-24)18-12-20-23-22-16(3)26(20)21-13-18/h4-7,12-13,15H,8-11,14H2,1-3H3. The number of aromatic nitrogens is 4. The van der Waals surface area contributed by atoms with Crippen LogP contribution in [0, 0.1) is 6.92 Å². The molecule has 1 aliphatic heterocycles. The van der Waals surface area contributed by atoms with E-state index in [1.54, 1.807) is 4.52 Å². The summed E-state index contributed by atoms with van der Waals surface area (Å²) in [5, 5.41) is 12.7. The van der Waals surface area contributed by atoms with Gasteiger partial charge in [-0.05, 0) is 26.8 Å². The topological polar surface area (TPSA) is 58.8 Å². The number of piperazine rings is 1. The molecular weight excluding hydrogens is 340 g/mol. The van der Waals surface area contributed by atoms with Crippen LogP contribution in [0.3, 0.4) is 0 Å². The van der Waals surface area contributed by atoms with Gasteiger partial charge in [-0.2, -0.15) is 9.61 Å². The Labute approximate surface area is 159 Å². The highest BCUT2D eigenvalue weighted by molar-refractivity contribution is 5.54. The number of nitrogens with zero attached hydrogens (tertiary/aromatic N) is 6. The lowest BCUT2D eigenvalue weighted by atomic mass is 10.1. The molecule has 1 fully saturated rings. The summed E-state index contributed by atoms with van der Waals surface area (Å²) >= 11 is 0. The van der Waals surface area contributed by atoms with Crippen LogP contribution in [0.2, 0.25) is 0 Å². The van der Waals surface area contributed by atoms with Crippen LogP contribution in [0.5, 0.6) is 5.75 Å². The van der Waals surface area contributed by atoms with Crippen molar-refractivity contribution in [2.75, 3.05) is 31.1 Å². The first-order chi connectivity index (χ1) is 13.1. The Kier molecular flexibility index (Phi) is 4.94. The largest absolute Gasteiger partial charge is 0.491 e. The number of fused-ring (bicyclic) bond motifs is 1. The third kappa shape index (κ3) is 3.88. The fourth-order valence-corrected chi connectivity index (χ4v) is 3.47. The SMILES string of the molecule is Cc1nnc2cc(N3CCN(Cc4ccccc4OC(C)C)CC3)cnn12. The van der Waals surface area contributed by atoms with Gasteiger partial charge in [0, 0.05) is 44.4 Å². The molecule has 142 valence electrons. The third-order valence-electron chi connectivity index (χ3n) is 4.87. The molecule has 0 N–H and O–H groups in total. The molecule has 0 bridgehead atoms. The van der Waals surface area contributed by atoms with Crippen LogP contribution in [0.15, 0.2) is 36.5 Å². The quantitative estimate of drug-likeness (QED) is 0.692. The molecule has 0 aliphatic carbocycles. The lowest BCUT2D eigenvalue weighted by Gasteiger charge is -2.36. The number of hydrogen-bond donors (Lipinski definition) is 0. The molecule has 2 aromatic heterocycles. The maximum absolute atomic E-state index is 5.96. The van der Waals surface area contributed by atoms with E-state index in [-0.39, 0.29) is 6.10 Å². The van der Waals surface area contributed by atoms with Gasteiger partial charge in [0.2, 0.25) is 0 Å². The Hall–Kier alpha value is -2.67. The summed E-state index contributed by atoms with van der Waals surface area (Å²) in [5.74, 6) is 1.80. The average molecular weight is 366 g/mol. The highest BCUT2D eigenvalue weighted by atomic mass is 16.5. The minimum atomic E-state index is 0.186. The minimum Gasteiger partial charge on any atom is -0.491 e. The van der Waals surface area contributed by atoms with E-state index in [2.05, 4.69) is 63.2 Å². The molecule has 0 radical (unpaired) electrons. The summed E-state index contributed by atoms with van der Waals surface area (Å²) in [6, 6.07) is 10.4. The summed E-state index contributed by atoms with van der Waals surface area (Å²) in [6.07, 6.45) is 2.09. The second kappa shape index (κ2) is 7.52. The lowest BCUT2D eigenvalue weighted by Crippen LogP contribution is -2.46. The van der Waals surface area contributed by atoms with Crippen molar-refractivity contribution < 1.29 is 4.74 Å². The predicted molar refractivity (Wildman–Crippen MR) is 105 cm³/mol. The Morgan fingerprint density at radius 1 is 1.07 bits per heavy atom. The predicted octanol–water partition coefficient (Wildman–Crippen LogP) is 2.54. The summed E-state index contributed by atoms with van der Waals surface area (Å²) in [5.41, 5.74) is 3.16. The minimum absolute atomic E-state index is 0.186. The second-order valence-electron chi connectivity index (χ2n) is 7.27. The zero-order valence-electron chi connectivity index (χ0n) is 16.2. The van der Waals surface area contributed by atoms with Gasteiger partial charge in [0.15, 0.2) is 11.5 Å². The Balaban J connectivity index is 1.40. The van der Waals surface area contributed by atoms with Crippen molar-refractivity contribution >= 4 is 11.3 Å². The van der Waals surface area contributed by atoms with Crippen molar-refractivity contribution in [3.8, 4) is 5.75 Å². The molecule has 3 aromatic rings. The van der Waals surface area contributed by atoms with Crippen molar-refractivity contribution in [1.82, 2.24) is 24.7 Å². The second-order valence-corrected chi connectivity index (χ2v) is 7.27. The number of aryl methyl sites for hydroxylation is 1. The monoisotopic (exact) mass is 366 g/mol. The third-order valence-corrected chi connectivity index (χ3v) is 4.87. The van der Waals surface area contributed by atoms with Crippen LogP contribution < -0.4 is 9.64 Å². The van der Waals surface area contributed by atoms with Gasteiger partial charge in [0.1, 0.15) is 5.75 Å². The molecule has 0 atom stereocenters. The van der Waals surface area contributed by atoms with Crippen LogP contribution in [-0.4, -0.2) is 57.0 Å². The highest BCUT2D eigenvalue weighted by Crippen LogP contribution is 2.23. The number of benzene rings is 1. The van der Waals surface area contributed by atoms with Crippen molar-refractivity contribution in [1.29, 1.82) is 0 Å². The molecule has 0 spiro atoms. The average Bonchev–Trinajstić information content (AvgIpc) is 3.04. The van der Waals surface area contributed by atoms with Crippen LogP contribution in [0.25, 0.3) is 5.65 Å². The molecule has 1 aliphatic rings. The van der Waals surface area contributed by atoms with E-state index in [1.807, 2.05) is 19.2 Å². The summed E-state index contributed by atoms with van der Waals surface area (Å²) in [4.78, 5) is 4.84. The molecule has 27 heavy (non-hydrogen) atoms. The fraction of sp³-hybridized carbons (Fsp3) is 0.450. The van der Waals surface area contributed by atoms with Gasteiger partial charge in [0.25, 0.3) is 0 Å². The van der Waals surface area contributed by atoms with Gasteiger partial charge in [-0.1, -0.05) is 18.2 Å². The molecule has 3 heterocycles. The summed E-state index contributed by atoms with van der Waals surface area (Å²) in [6.45, 7) is 10.9. The Morgan fingerprint density at radius 2 is 1.85 bits per heavy atom. The van der Waals surface area contributed by atoms with Gasteiger partial charge in [-0.3, -0.25) is 4.90 Å². The lowest BCUT2D eigenvalue weighted by molar-refractivity contribution is 0.222. The first-order valence-electron chi connectivity index (χ1n) is 9.50. The molecule has 1 saturated heterocycles. The molecular formula is C20H26N6O. The first-order valence-corrected chi connectivity index (χ1v) is 9.50. The Morgan fingerprint density at radius 3 is 2.63 bits per heavy atom. The van der Waals surface area contributed by atoms with Crippen molar-refractivity contribution in [2.45, 2.75) is 33.4 Å². The summed E-state index contributed by atoms with van der Waals surface area (Å²) < 4.78 is 7.73. The molecule has 0 amide bonds. The van der Waals surface area contributed by atoms with E-state index in [4.69, 9.17) is 4.74 Å². The zero-order valence-corrected chi connectivity index (χ0v) is 16.2. The number of anilines is 1. The van der Waals surface area contributed by atoms with E-state index in [0.29, 0.717) is 0 Å². The maximum atomic E-state index is 5.96. The molecule has 0 saturated carbocycles. The van der Waals surface area contributed by atoms with Gasteiger partial charge in [-0.25, -0.2) is 0 Å². The van der Waals surface area contributed by atoms with Gasteiger partial charge >= 0.3 is 0 Å². The van der Waals surface area contributed by atoms with Crippen LogP contribution in [0.1, 0.15) is 25.2 Å². The van der Waals surface area contributed by atoms with E-state index in [1.165, 1.54) is 5.56 Å². The van der Waals surface area contributed by atoms with Crippen LogP contribution in [-0.2, 0) is 6.54 Å². The van der Waals surface area contributed by atoms with Gasteiger partial charge in [-0.15, -0.1) is 10.2 Å². The van der Waals surface area contributed by atoms with Gasteiger partial charge < -0.3 is 9.64 Å². The smallest absolute Gasteiger partial charge is 0.179 e. The van der Waals surface area contributed by atoms with E-state index in [9.17, 15) is 0 Å². The zero-order chi connectivity index (χ0) is 18.8. The van der Waals surface area contributed by atoms with Crippen LogP contribution >= 0.6 is 0 Å². The number of para-hydroxylation sites is 1. The van der Waals surface area contributed by atoms with E-state index in [0.717, 1.165) is 55.6 Å². The molecule has 1 aromatic carbocycles. The molecule has 0 unspecified atom stereocenters. The highest BCUT2D eigenvalue weighted by Gasteiger charge is 2.19. The number of hydrogen-bond acceptors (Lipinski definition) is 6. The molecule has 7 heteroatoms. The van der Waals surface area contributed by atoms with Crippen molar-refractivity contribution in [3.05, 3.63) is 47.9 Å². The molecule has 4 rings (SSSR count). The fourth-order valence-electron chi connectivity index (χ4n) is 3.47. The number of ether oxygens (including phenoxy) is 1. The first kappa shape index (κ1) is 17.7. The Bertz CT molecular complexity index is 914. The summed E-state index contributed by atoms with van der Waals surface area (Å²) in [7, 11) is 0. The maximum Gasteiger partial charge on any atom is 0.179 e. The van der Waals surface area contributed by atoms with Crippen LogP contribution in [0.4, 0.5) is 5.69 Å². The van der Waals surface area contributed by atoms with Crippen molar-refractivity contribution in [3.63, 3.8) is 0 Å². The normalized spacial score (nSPS) is 15.6. The van der Waals surface area contributed by atoms with E-state index < -0.39 is 0 Å². The number of rotatable bonds is 5. The van der Waals surface area contributed by atoms with Crippen molar-refractivity contribution in [2.24, 2.45) is 0 Å².